The monoisotopic (exact) mass is 696 g/mol. The molecule has 1 atom stereocenters. The number of piperazine rings is 1. The second kappa shape index (κ2) is 13.5. The van der Waals surface area contributed by atoms with Crippen molar-refractivity contribution in [2.75, 3.05) is 58.3 Å². The maximum absolute atomic E-state index is 14.8. The second-order valence-corrected chi connectivity index (χ2v) is 13.8. The third kappa shape index (κ3) is 6.36. The van der Waals surface area contributed by atoms with Crippen LogP contribution >= 0.6 is 11.6 Å². The fourth-order valence-corrected chi connectivity index (χ4v) is 7.26. The Kier molecular flexibility index (Phi) is 8.80. The number of nitrogens with one attached hydrogen (secondary N) is 1. The average molecular weight is 697 g/mol. The first kappa shape index (κ1) is 32.5. The Morgan fingerprint density at radius 3 is 2.60 bits per heavy atom. The quantitative estimate of drug-likeness (QED) is 0.139. The number of hydrogen-bond donors (Lipinski definition) is 2. The first-order chi connectivity index (χ1) is 24.3. The van der Waals surface area contributed by atoms with Gasteiger partial charge in [0.05, 0.1) is 11.6 Å². The molecule has 1 saturated carbocycles. The van der Waals surface area contributed by atoms with Crippen LogP contribution in [0.2, 0.25) is 5.02 Å². The van der Waals surface area contributed by atoms with Gasteiger partial charge in [-0.15, -0.1) is 0 Å². The third-order valence-corrected chi connectivity index (χ3v) is 10.3. The summed E-state index contributed by atoms with van der Waals surface area (Å²) < 4.78 is 28.8. The number of para-hydroxylation sites is 1. The molecule has 0 unspecified atom stereocenters. The Balaban J connectivity index is 1.19. The number of aromatic nitrogens is 3. The van der Waals surface area contributed by atoms with Crippen molar-refractivity contribution in [1.29, 1.82) is 0 Å². The molecule has 1 aliphatic heterocycles. The van der Waals surface area contributed by atoms with Crippen LogP contribution in [0.1, 0.15) is 18.4 Å². The van der Waals surface area contributed by atoms with Gasteiger partial charge in [0.25, 0.3) is 0 Å². The van der Waals surface area contributed by atoms with E-state index in [1.54, 1.807) is 10.6 Å². The molecule has 50 heavy (non-hydrogen) atoms. The van der Waals surface area contributed by atoms with Crippen LogP contribution in [-0.4, -0.2) is 94.5 Å². The minimum Gasteiger partial charge on any atom is -0.493 e. The molecular weight excluding hydrogens is 659 g/mol. The number of nitrogens with zero attached hydrogens (tertiary/aromatic N) is 5. The van der Waals surface area contributed by atoms with E-state index in [-0.39, 0.29) is 12.2 Å². The van der Waals surface area contributed by atoms with Crippen LogP contribution < -0.4 is 14.8 Å². The van der Waals surface area contributed by atoms with Crippen LogP contribution in [0.15, 0.2) is 67.1 Å². The number of anilines is 1. The van der Waals surface area contributed by atoms with Crippen molar-refractivity contribution >= 4 is 61.2 Å². The summed E-state index contributed by atoms with van der Waals surface area (Å²) in [6.07, 6.45) is 5.75. The predicted octanol–water partition coefficient (Wildman–Crippen LogP) is 6.50. The number of fused-ring (bicyclic) bond motifs is 8. The first-order valence-electron chi connectivity index (χ1n) is 17.1. The zero-order chi connectivity index (χ0) is 34.4. The molecule has 2 N–H and O–H groups in total. The van der Waals surface area contributed by atoms with Crippen molar-refractivity contribution in [2.24, 2.45) is 5.92 Å². The second-order valence-electron chi connectivity index (χ2n) is 13.4. The number of carboxylic acid groups (broad SMARTS) is 1. The topological polar surface area (TPSA) is 104 Å². The lowest BCUT2D eigenvalue weighted by Crippen LogP contribution is -2.45. The van der Waals surface area contributed by atoms with E-state index in [4.69, 9.17) is 21.1 Å². The van der Waals surface area contributed by atoms with Crippen LogP contribution in [0, 0.1) is 11.7 Å². The minimum atomic E-state index is -1.03. The fourth-order valence-electron chi connectivity index (χ4n) is 6.94. The number of carbonyl (C=O) groups is 1. The van der Waals surface area contributed by atoms with Gasteiger partial charge in [-0.3, -0.25) is 4.90 Å². The summed E-state index contributed by atoms with van der Waals surface area (Å²) in [6.45, 7) is 5.87. The van der Waals surface area contributed by atoms with Crippen molar-refractivity contribution in [1.82, 2.24) is 24.4 Å². The molecule has 2 aliphatic rings. The number of likely N-dealkylation sites (N-methyl/N-ethyl adjacent to an activating group) is 1. The number of aliphatic carboxylic acids is 1. The fraction of sp³-hybridized carbons (Fsp3) is 0.342. The zero-order valence-electron chi connectivity index (χ0n) is 27.7. The number of carboxylic acids is 1. The zero-order valence-corrected chi connectivity index (χ0v) is 28.5. The van der Waals surface area contributed by atoms with Gasteiger partial charge in [-0.05, 0) is 77.9 Å². The van der Waals surface area contributed by atoms with Crippen LogP contribution in [0.5, 0.6) is 11.5 Å². The van der Waals surface area contributed by atoms with Crippen LogP contribution in [0.3, 0.4) is 0 Å². The predicted molar refractivity (Wildman–Crippen MR) is 193 cm³/mol. The first-order valence-corrected chi connectivity index (χ1v) is 17.4. The lowest BCUT2D eigenvalue weighted by atomic mass is 9.95. The van der Waals surface area contributed by atoms with E-state index in [0.29, 0.717) is 57.8 Å². The SMILES string of the molecule is CN1CCN(CCOc2ccc3c(c2Cl)c2cc(F)ccc2c2cn4ncnc(N[C@@H](Cc5ccccc5OCC5CC5)C(=O)O)c4c23)CC1. The highest BCUT2D eigenvalue weighted by atomic mass is 35.5. The highest BCUT2D eigenvalue weighted by Gasteiger charge is 2.26. The summed E-state index contributed by atoms with van der Waals surface area (Å²) in [4.78, 5) is 21.9. The van der Waals surface area contributed by atoms with E-state index in [9.17, 15) is 14.3 Å². The Bertz CT molecular complexity index is 2230. The summed E-state index contributed by atoms with van der Waals surface area (Å²) >= 11 is 7.14. The smallest absolute Gasteiger partial charge is 0.326 e. The number of ether oxygens (including phenoxy) is 2. The minimum absolute atomic E-state index is 0.175. The number of benzene rings is 4. The van der Waals surface area contributed by atoms with Crippen LogP contribution in [0.4, 0.5) is 10.2 Å². The van der Waals surface area contributed by atoms with E-state index >= 15 is 0 Å². The summed E-state index contributed by atoms with van der Waals surface area (Å²) in [5, 5.41) is 22.9. The molecule has 0 spiro atoms. The standard InChI is InChI=1S/C38H38ClFN6O4/c1-44-12-14-45(15-13-44)16-17-49-32-11-10-27-33(35(32)39)28-19-25(40)8-9-26(28)29-20-46-36(34(27)29)37(41-22-42-46)43-30(38(47)48)18-24-4-2-3-5-31(24)50-21-23-6-7-23/h2-5,8-11,19-20,22-23,30H,6-7,12-18,21H2,1H3,(H,47,48)(H,41,42,43)/t30-/m0/s1. The van der Waals surface area contributed by atoms with Gasteiger partial charge in [-0.1, -0.05) is 35.9 Å². The molecule has 1 aliphatic carbocycles. The number of rotatable bonds is 12. The van der Waals surface area contributed by atoms with Gasteiger partial charge >= 0.3 is 5.97 Å². The molecule has 1 saturated heterocycles. The van der Waals surface area contributed by atoms with Gasteiger partial charge in [-0.2, -0.15) is 5.10 Å². The van der Waals surface area contributed by atoms with E-state index in [2.05, 4.69) is 32.2 Å². The largest absolute Gasteiger partial charge is 0.493 e. The van der Waals surface area contributed by atoms with Gasteiger partial charge in [0.1, 0.15) is 41.8 Å². The molecule has 3 heterocycles. The van der Waals surface area contributed by atoms with Crippen LogP contribution in [-0.2, 0) is 11.2 Å². The van der Waals surface area contributed by atoms with E-state index in [1.807, 2.05) is 42.6 Å². The molecule has 0 amide bonds. The van der Waals surface area contributed by atoms with Gasteiger partial charge in [-0.25, -0.2) is 18.7 Å². The number of hydrogen-bond acceptors (Lipinski definition) is 8. The molecule has 10 nitrogen and oxygen atoms in total. The molecule has 258 valence electrons. The summed E-state index contributed by atoms with van der Waals surface area (Å²) in [7, 11) is 2.13. The van der Waals surface area contributed by atoms with Crippen molar-refractivity contribution in [3.05, 3.63) is 83.5 Å². The molecule has 4 aromatic carbocycles. The molecule has 2 fully saturated rings. The van der Waals surface area contributed by atoms with Gasteiger partial charge in [0.15, 0.2) is 5.82 Å². The van der Waals surface area contributed by atoms with Crippen LogP contribution in [0.25, 0.3) is 37.8 Å². The van der Waals surface area contributed by atoms with Crippen molar-refractivity contribution < 1.29 is 23.8 Å². The van der Waals surface area contributed by atoms with Crippen molar-refractivity contribution in [3.63, 3.8) is 0 Å². The maximum Gasteiger partial charge on any atom is 0.326 e. The molecule has 6 aromatic rings. The normalized spacial score (nSPS) is 16.4. The highest BCUT2D eigenvalue weighted by molar-refractivity contribution is 6.43. The lowest BCUT2D eigenvalue weighted by molar-refractivity contribution is -0.137. The molecular formula is C38H38ClFN6O4. The van der Waals surface area contributed by atoms with Crippen molar-refractivity contribution in [3.8, 4) is 11.5 Å². The Labute approximate surface area is 293 Å². The number of halogens is 2. The molecule has 8 rings (SSSR count). The summed E-state index contributed by atoms with van der Waals surface area (Å²) in [6, 6.07) is 15.0. The lowest BCUT2D eigenvalue weighted by Gasteiger charge is -2.32. The summed E-state index contributed by atoms with van der Waals surface area (Å²) in [5.74, 6) is 0.715. The Morgan fingerprint density at radius 1 is 1.00 bits per heavy atom. The molecule has 12 heteroatoms. The van der Waals surface area contributed by atoms with E-state index in [0.717, 1.165) is 72.7 Å². The molecule has 0 radical (unpaired) electrons. The van der Waals surface area contributed by atoms with E-state index in [1.165, 1.54) is 18.5 Å². The summed E-state index contributed by atoms with van der Waals surface area (Å²) in [5.41, 5.74) is 1.38. The highest BCUT2D eigenvalue weighted by Crippen LogP contribution is 2.45. The van der Waals surface area contributed by atoms with Crippen molar-refractivity contribution in [2.45, 2.75) is 25.3 Å². The van der Waals surface area contributed by atoms with Gasteiger partial charge in [0, 0.05) is 61.5 Å². The maximum atomic E-state index is 14.8. The Morgan fingerprint density at radius 2 is 1.80 bits per heavy atom. The van der Waals surface area contributed by atoms with Gasteiger partial charge < -0.3 is 24.8 Å². The van der Waals surface area contributed by atoms with Gasteiger partial charge in [0.2, 0.25) is 0 Å². The Hall–Kier alpha value is -4.71. The molecule has 2 aromatic heterocycles. The van der Waals surface area contributed by atoms with E-state index < -0.39 is 12.0 Å². The molecule has 0 bridgehead atoms. The average Bonchev–Trinajstić information content (AvgIpc) is 3.86. The third-order valence-electron chi connectivity index (χ3n) is 9.93.